The van der Waals surface area contributed by atoms with Crippen LogP contribution in [0.5, 0.6) is 0 Å². The number of rotatable bonds is 4. The maximum absolute atomic E-state index is 12.3. The van der Waals surface area contributed by atoms with Crippen molar-refractivity contribution in [2.75, 3.05) is 10.6 Å². The Morgan fingerprint density at radius 3 is 2.62 bits per heavy atom. The molecule has 2 heterocycles. The summed E-state index contributed by atoms with van der Waals surface area (Å²) in [6, 6.07) is 8.90. The second-order valence-electron chi connectivity index (χ2n) is 4.86. The van der Waals surface area contributed by atoms with Crippen LogP contribution in [0.4, 0.5) is 10.8 Å². The Morgan fingerprint density at radius 2 is 1.92 bits per heavy atom. The molecule has 0 fully saturated rings. The van der Waals surface area contributed by atoms with Crippen LogP contribution in [0.1, 0.15) is 25.7 Å². The number of aryl methyl sites for hydroxylation is 1. The molecule has 0 saturated heterocycles. The molecular formula is C16H12ClN3O2S2. The number of nitrogens with zero attached hydrogens (tertiary/aromatic N) is 1. The zero-order chi connectivity index (χ0) is 17.1. The van der Waals surface area contributed by atoms with Crippen LogP contribution < -0.4 is 10.6 Å². The van der Waals surface area contributed by atoms with Gasteiger partial charge in [-0.1, -0.05) is 29.8 Å². The molecule has 0 bridgehead atoms. The largest absolute Gasteiger partial charge is 0.319 e. The van der Waals surface area contributed by atoms with E-state index in [-0.39, 0.29) is 17.5 Å². The van der Waals surface area contributed by atoms with Crippen LogP contribution in [0.3, 0.4) is 0 Å². The summed E-state index contributed by atoms with van der Waals surface area (Å²) in [5, 5.41) is 9.67. The van der Waals surface area contributed by atoms with E-state index in [1.54, 1.807) is 23.6 Å². The lowest BCUT2D eigenvalue weighted by atomic mass is 10.2. The van der Waals surface area contributed by atoms with Gasteiger partial charge in [-0.3, -0.25) is 14.9 Å². The number of hydrogen-bond donors (Lipinski definition) is 2. The normalized spacial score (nSPS) is 10.4. The van der Waals surface area contributed by atoms with Gasteiger partial charge in [0.1, 0.15) is 5.69 Å². The Balaban J connectivity index is 1.71. The van der Waals surface area contributed by atoms with E-state index in [0.29, 0.717) is 20.7 Å². The molecule has 0 aliphatic carbocycles. The summed E-state index contributed by atoms with van der Waals surface area (Å²) in [7, 11) is 0. The lowest BCUT2D eigenvalue weighted by molar-refractivity contribution is 0.101. The van der Waals surface area contributed by atoms with Crippen LogP contribution in [0.2, 0.25) is 5.02 Å². The van der Waals surface area contributed by atoms with Crippen LogP contribution in [0.25, 0.3) is 0 Å². The first-order valence-corrected chi connectivity index (χ1v) is 9.05. The molecule has 0 unspecified atom stereocenters. The zero-order valence-corrected chi connectivity index (χ0v) is 14.9. The fourth-order valence-corrected chi connectivity index (χ4v) is 3.54. The molecule has 0 aliphatic rings. The number of thiophene rings is 1. The maximum Gasteiger partial charge on any atom is 0.275 e. The molecule has 5 nitrogen and oxygen atoms in total. The van der Waals surface area contributed by atoms with Crippen molar-refractivity contribution in [3.05, 3.63) is 62.2 Å². The maximum atomic E-state index is 12.3. The predicted octanol–water partition coefficient (Wildman–Crippen LogP) is 4.67. The number of thiazole rings is 1. The van der Waals surface area contributed by atoms with Gasteiger partial charge in [0, 0.05) is 5.38 Å². The number of nitrogens with one attached hydrogen (secondary N) is 2. The lowest BCUT2D eigenvalue weighted by Crippen LogP contribution is -2.14. The van der Waals surface area contributed by atoms with Gasteiger partial charge in [0.2, 0.25) is 0 Å². The summed E-state index contributed by atoms with van der Waals surface area (Å²) in [5.41, 5.74) is 1.64. The summed E-state index contributed by atoms with van der Waals surface area (Å²) in [6.45, 7) is 1.86. The topological polar surface area (TPSA) is 71.1 Å². The van der Waals surface area contributed by atoms with Crippen LogP contribution in [-0.2, 0) is 0 Å². The summed E-state index contributed by atoms with van der Waals surface area (Å²) >= 11 is 8.63. The predicted molar refractivity (Wildman–Crippen MR) is 98.5 cm³/mol. The first-order chi connectivity index (χ1) is 11.5. The van der Waals surface area contributed by atoms with E-state index in [4.69, 9.17) is 11.6 Å². The van der Waals surface area contributed by atoms with Crippen molar-refractivity contribution in [3.63, 3.8) is 0 Å². The summed E-state index contributed by atoms with van der Waals surface area (Å²) in [6.07, 6.45) is 0. The van der Waals surface area contributed by atoms with E-state index in [0.717, 1.165) is 5.56 Å². The average molecular weight is 378 g/mol. The fourth-order valence-electron chi connectivity index (χ4n) is 1.97. The summed E-state index contributed by atoms with van der Waals surface area (Å²) < 4.78 is 0. The Kier molecular flexibility index (Phi) is 4.94. The molecule has 24 heavy (non-hydrogen) atoms. The van der Waals surface area contributed by atoms with Gasteiger partial charge in [-0.05, 0) is 30.0 Å². The highest BCUT2D eigenvalue weighted by Gasteiger charge is 2.15. The number of para-hydroxylation sites is 1. The van der Waals surface area contributed by atoms with E-state index in [2.05, 4.69) is 15.6 Å². The van der Waals surface area contributed by atoms with Crippen molar-refractivity contribution in [1.29, 1.82) is 0 Å². The van der Waals surface area contributed by atoms with E-state index in [9.17, 15) is 9.59 Å². The van der Waals surface area contributed by atoms with Crippen molar-refractivity contribution in [3.8, 4) is 0 Å². The van der Waals surface area contributed by atoms with Gasteiger partial charge in [-0.2, -0.15) is 0 Å². The van der Waals surface area contributed by atoms with E-state index < -0.39 is 0 Å². The molecule has 122 valence electrons. The molecule has 0 saturated carbocycles. The third-order valence-corrected chi connectivity index (χ3v) is 5.10. The van der Waals surface area contributed by atoms with Gasteiger partial charge in [0.25, 0.3) is 11.8 Å². The lowest BCUT2D eigenvalue weighted by Gasteiger charge is -2.08. The SMILES string of the molecule is Cc1cccc(Cl)c1NC(=O)c1csc(NC(=O)c2cccs2)n1. The molecule has 8 heteroatoms. The number of carbonyl (C=O) groups is 2. The molecule has 0 radical (unpaired) electrons. The summed E-state index contributed by atoms with van der Waals surface area (Å²) in [4.78, 5) is 29.0. The Hall–Kier alpha value is -2.22. The zero-order valence-electron chi connectivity index (χ0n) is 12.5. The van der Waals surface area contributed by atoms with Crippen molar-refractivity contribution >= 4 is 56.9 Å². The number of halogens is 1. The Morgan fingerprint density at radius 1 is 1.08 bits per heavy atom. The molecule has 0 atom stereocenters. The number of anilines is 2. The highest BCUT2D eigenvalue weighted by atomic mass is 35.5. The van der Waals surface area contributed by atoms with E-state index >= 15 is 0 Å². The third kappa shape index (κ3) is 3.64. The van der Waals surface area contributed by atoms with Crippen molar-refractivity contribution in [2.45, 2.75) is 6.92 Å². The number of carbonyl (C=O) groups excluding carboxylic acids is 2. The molecule has 1 aromatic carbocycles. The number of hydrogen-bond acceptors (Lipinski definition) is 5. The molecule has 3 rings (SSSR count). The number of aromatic nitrogens is 1. The quantitative estimate of drug-likeness (QED) is 0.693. The molecule has 2 aromatic heterocycles. The van der Waals surface area contributed by atoms with E-state index in [1.165, 1.54) is 22.7 Å². The molecular weight excluding hydrogens is 366 g/mol. The monoisotopic (exact) mass is 377 g/mol. The highest BCUT2D eigenvalue weighted by molar-refractivity contribution is 7.14. The third-order valence-electron chi connectivity index (χ3n) is 3.16. The first kappa shape index (κ1) is 16.6. The second kappa shape index (κ2) is 7.12. The van der Waals surface area contributed by atoms with Gasteiger partial charge in [-0.15, -0.1) is 22.7 Å². The molecule has 2 amide bonds. The minimum atomic E-state index is -0.376. The molecule has 2 N–H and O–H groups in total. The van der Waals surface area contributed by atoms with Crippen LogP contribution in [-0.4, -0.2) is 16.8 Å². The minimum absolute atomic E-state index is 0.223. The van der Waals surface area contributed by atoms with Gasteiger partial charge in [0.05, 0.1) is 15.6 Å². The van der Waals surface area contributed by atoms with Gasteiger partial charge in [-0.25, -0.2) is 4.98 Å². The van der Waals surface area contributed by atoms with Crippen molar-refractivity contribution in [2.24, 2.45) is 0 Å². The van der Waals surface area contributed by atoms with Gasteiger partial charge in [0.15, 0.2) is 5.13 Å². The highest BCUT2D eigenvalue weighted by Crippen LogP contribution is 2.26. The Labute approximate surface area is 151 Å². The van der Waals surface area contributed by atoms with Gasteiger partial charge >= 0.3 is 0 Å². The molecule has 0 spiro atoms. The number of amides is 2. The second-order valence-corrected chi connectivity index (χ2v) is 7.07. The van der Waals surface area contributed by atoms with Crippen LogP contribution in [0.15, 0.2) is 41.1 Å². The van der Waals surface area contributed by atoms with E-state index in [1.807, 2.05) is 24.4 Å². The van der Waals surface area contributed by atoms with Crippen LogP contribution >= 0.6 is 34.3 Å². The van der Waals surface area contributed by atoms with Crippen LogP contribution in [0, 0.1) is 6.92 Å². The number of benzene rings is 1. The molecule has 3 aromatic rings. The minimum Gasteiger partial charge on any atom is -0.319 e. The average Bonchev–Trinajstić information content (AvgIpc) is 3.22. The Bertz CT molecular complexity index is 870. The van der Waals surface area contributed by atoms with Crippen molar-refractivity contribution < 1.29 is 9.59 Å². The van der Waals surface area contributed by atoms with Crippen molar-refractivity contribution in [1.82, 2.24) is 4.98 Å². The molecule has 0 aliphatic heterocycles. The smallest absolute Gasteiger partial charge is 0.275 e. The first-order valence-electron chi connectivity index (χ1n) is 6.91. The van der Waals surface area contributed by atoms with Gasteiger partial charge < -0.3 is 5.32 Å². The fraction of sp³-hybridized carbons (Fsp3) is 0.0625. The summed E-state index contributed by atoms with van der Waals surface area (Å²) in [5.74, 6) is -0.618. The standard InChI is InChI=1S/C16H12ClN3O2S2/c1-9-4-2-5-10(17)13(9)19-14(21)11-8-24-16(18-11)20-15(22)12-6-3-7-23-12/h2-8H,1H3,(H,19,21)(H,18,20,22).